The number of carbonyl (C=O) groups excluding carboxylic acids is 1. The van der Waals surface area contributed by atoms with E-state index in [9.17, 15) is 23.3 Å². The van der Waals surface area contributed by atoms with Crippen molar-refractivity contribution in [1.29, 1.82) is 0 Å². The summed E-state index contributed by atoms with van der Waals surface area (Å²) in [7, 11) is -4.27. The van der Waals surface area contributed by atoms with Crippen LogP contribution in [0, 0.1) is 10.1 Å². The molecule has 1 aliphatic carbocycles. The van der Waals surface area contributed by atoms with Crippen LogP contribution in [0.3, 0.4) is 0 Å². The fourth-order valence-electron chi connectivity index (χ4n) is 4.13. The third kappa shape index (κ3) is 4.82. The third-order valence-electron chi connectivity index (χ3n) is 5.77. The van der Waals surface area contributed by atoms with Gasteiger partial charge in [0.1, 0.15) is 5.00 Å². The number of non-ortho nitro benzene ring substituents is 1. The van der Waals surface area contributed by atoms with Crippen LogP contribution in [0.5, 0.6) is 0 Å². The molecule has 5 rings (SSSR count). The summed E-state index contributed by atoms with van der Waals surface area (Å²) in [6, 6.07) is 11.6. The summed E-state index contributed by atoms with van der Waals surface area (Å²) in [5.74, 6) is -0.497. The van der Waals surface area contributed by atoms with Crippen molar-refractivity contribution in [3.05, 3.63) is 74.6 Å². The molecule has 190 valence electrons. The van der Waals surface area contributed by atoms with Crippen LogP contribution in [0.1, 0.15) is 34.1 Å². The van der Waals surface area contributed by atoms with Crippen LogP contribution in [-0.4, -0.2) is 35.9 Å². The Labute approximate surface area is 215 Å². The molecule has 2 aromatic carbocycles. The van der Waals surface area contributed by atoms with Crippen molar-refractivity contribution in [2.24, 2.45) is 0 Å². The Kier molecular flexibility index (Phi) is 6.48. The number of carbonyl (C=O) groups is 1. The van der Waals surface area contributed by atoms with E-state index in [2.05, 4.69) is 20.0 Å². The zero-order chi connectivity index (χ0) is 26.2. The van der Waals surface area contributed by atoms with Crippen molar-refractivity contribution >= 4 is 60.7 Å². The summed E-state index contributed by atoms with van der Waals surface area (Å²) in [6.45, 7) is 1.94. The minimum absolute atomic E-state index is 0.0816. The van der Waals surface area contributed by atoms with Gasteiger partial charge in [0, 0.05) is 17.0 Å². The van der Waals surface area contributed by atoms with Crippen molar-refractivity contribution in [3.63, 3.8) is 0 Å². The number of hydrogen-bond acceptors (Lipinski definition) is 10. The second kappa shape index (κ2) is 9.75. The number of nitro groups is 1. The predicted molar refractivity (Wildman–Crippen MR) is 139 cm³/mol. The van der Waals surface area contributed by atoms with Crippen molar-refractivity contribution in [2.75, 3.05) is 16.6 Å². The number of thiophene rings is 1. The quantitative estimate of drug-likeness (QED) is 0.182. The van der Waals surface area contributed by atoms with Gasteiger partial charge >= 0.3 is 5.97 Å². The van der Waals surface area contributed by atoms with E-state index in [1.165, 1.54) is 29.5 Å². The van der Waals surface area contributed by atoms with E-state index < -0.39 is 20.9 Å². The van der Waals surface area contributed by atoms with E-state index >= 15 is 0 Å². The van der Waals surface area contributed by atoms with Crippen LogP contribution in [-0.2, 0) is 27.6 Å². The predicted octanol–water partition coefficient (Wildman–Crippen LogP) is 4.81. The van der Waals surface area contributed by atoms with Gasteiger partial charge in [-0.3, -0.25) is 14.8 Å². The van der Waals surface area contributed by atoms with Gasteiger partial charge in [-0.05, 0) is 49.9 Å². The van der Waals surface area contributed by atoms with E-state index in [1.807, 2.05) is 0 Å². The molecule has 0 bridgehead atoms. The number of nitro benzene ring substituents is 1. The molecule has 0 radical (unpaired) electrons. The molecule has 0 saturated carbocycles. The molecular formula is C24H21N5O6S2. The van der Waals surface area contributed by atoms with Gasteiger partial charge in [-0.1, -0.05) is 18.2 Å². The maximum atomic E-state index is 13.2. The molecule has 2 N–H and O–H groups in total. The molecule has 37 heavy (non-hydrogen) atoms. The van der Waals surface area contributed by atoms with E-state index in [4.69, 9.17) is 4.74 Å². The first kappa shape index (κ1) is 24.6. The number of hydrogen-bond donors (Lipinski definition) is 2. The van der Waals surface area contributed by atoms with Crippen molar-refractivity contribution in [1.82, 2.24) is 9.97 Å². The number of aromatic nitrogens is 2. The first-order valence-electron chi connectivity index (χ1n) is 11.4. The lowest BCUT2D eigenvalue weighted by Crippen LogP contribution is -2.16. The van der Waals surface area contributed by atoms with Crippen LogP contribution in [0.15, 0.2) is 53.4 Å². The number of fused-ring (bicyclic) bond motifs is 2. The summed E-state index contributed by atoms with van der Waals surface area (Å²) >= 11 is 1.40. The summed E-state index contributed by atoms with van der Waals surface area (Å²) < 4.78 is 34.1. The second-order valence-corrected chi connectivity index (χ2v) is 11.0. The first-order chi connectivity index (χ1) is 17.8. The number of esters is 1. The van der Waals surface area contributed by atoms with E-state index in [0.717, 1.165) is 35.8 Å². The maximum Gasteiger partial charge on any atom is 0.341 e. The molecule has 4 aromatic rings. The van der Waals surface area contributed by atoms with Gasteiger partial charge in [-0.15, -0.1) is 11.3 Å². The molecule has 0 amide bonds. The monoisotopic (exact) mass is 539 g/mol. The Morgan fingerprint density at radius 3 is 2.54 bits per heavy atom. The highest BCUT2D eigenvalue weighted by atomic mass is 32.2. The lowest BCUT2D eigenvalue weighted by molar-refractivity contribution is -0.385. The molecule has 0 spiro atoms. The number of nitrogens with zero attached hydrogens (tertiary/aromatic N) is 3. The second-order valence-electron chi connectivity index (χ2n) is 8.18. The Hall–Kier alpha value is -4.10. The van der Waals surface area contributed by atoms with Crippen molar-refractivity contribution < 1.29 is 22.9 Å². The number of para-hydroxylation sites is 2. The Morgan fingerprint density at radius 2 is 1.84 bits per heavy atom. The summed E-state index contributed by atoms with van der Waals surface area (Å²) in [5.41, 5.74) is 1.92. The van der Waals surface area contributed by atoms with Gasteiger partial charge in [0.2, 0.25) is 0 Å². The lowest BCUT2D eigenvalue weighted by atomic mass is 10.1. The molecule has 0 fully saturated rings. The lowest BCUT2D eigenvalue weighted by Gasteiger charge is -2.14. The van der Waals surface area contributed by atoms with Gasteiger partial charge in [-0.25, -0.2) is 23.2 Å². The number of sulfonamides is 1. The summed E-state index contributed by atoms with van der Waals surface area (Å²) in [6.07, 6.45) is 2.53. The molecule has 2 heterocycles. The number of nitrogens with one attached hydrogen (secondary N) is 2. The average molecular weight is 540 g/mol. The molecule has 0 aliphatic heterocycles. The Morgan fingerprint density at radius 1 is 1.11 bits per heavy atom. The molecule has 2 aromatic heterocycles. The third-order valence-corrected chi connectivity index (χ3v) is 8.32. The van der Waals surface area contributed by atoms with Gasteiger partial charge in [0.15, 0.2) is 11.6 Å². The smallest absolute Gasteiger partial charge is 0.341 e. The Bertz CT molecular complexity index is 1650. The van der Waals surface area contributed by atoms with Gasteiger partial charge in [-0.2, -0.15) is 0 Å². The molecule has 13 heteroatoms. The van der Waals surface area contributed by atoms with Gasteiger partial charge in [0.25, 0.3) is 15.7 Å². The van der Waals surface area contributed by atoms with Gasteiger partial charge < -0.3 is 10.1 Å². The van der Waals surface area contributed by atoms with Crippen LogP contribution in [0.4, 0.5) is 22.3 Å². The molecule has 11 nitrogen and oxygen atoms in total. The SMILES string of the molecule is CCOC(=O)c1c(Nc2nc3ccccc3nc2NS(=O)(=O)c2cccc([N+](=O)[O-])c2)sc2c1CCC2. The number of ether oxygens (including phenoxy) is 1. The molecule has 0 saturated heterocycles. The molecule has 0 atom stereocenters. The van der Waals surface area contributed by atoms with E-state index in [-0.39, 0.29) is 28.8 Å². The highest BCUT2D eigenvalue weighted by Crippen LogP contribution is 2.41. The van der Waals surface area contributed by atoms with Crippen LogP contribution in [0.25, 0.3) is 11.0 Å². The number of aryl methyl sites for hydroxylation is 1. The topological polar surface area (TPSA) is 153 Å². The van der Waals surface area contributed by atoms with Crippen molar-refractivity contribution in [3.8, 4) is 0 Å². The minimum atomic E-state index is -4.27. The number of rotatable bonds is 8. The van der Waals surface area contributed by atoms with Crippen molar-refractivity contribution in [2.45, 2.75) is 31.1 Å². The standard InChI is InChI=1S/C24H21N5O6S2/c1-2-35-24(30)20-16-9-6-12-19(16)36-23(20)27-21-22(26-18-11-4-3-10-17(18)25-21)28-37(33,34)15-8-5-7-14(13-15)29(31)32/h3-5,7-8,10-11,13H,2,6,9,12H2,1H3,(H,25,27)(H,26,28). The highest BCUT2D eigenvalue weighted by Gasteiger charge is 2.29. The van der Waals surface area contributed by atoms with Gasteiger partial charge in [0.05, 0.1) is 33.0 Å². The number of anilines is 3. The average Bonchev–Trinajstić information content (AvgIpc) is 3.45. The van der Waals surface area contributed by atoms with E-state index in [0.29, 0.717) is 21.6 Å². The number of benzene rings is 2. The van der Waals surface area contributed by atoms with Crippen LogP contribution >= 0.6 is 11.3 Å². The molecule has 1 aliphatic rings. The normalized spacial score (nSPS) is 12.8. The fraction of sp³-hybridized carbons (Fsp3) is 0.208. The maximum absolute atomic E-state index is 13.2. The Balaban J connectivity index is 1.59. The van der Waals surface area contributed by atoms with E-state index in [1.54, 1.807) is 31.2 Å². The zero-order valence-electron chi connectivity index (χ0n) is 19.6. The first-order valence-corrected chi connectivity index (χ1v) is 13.7. The van der Waals surface area contributed by atoms with Crippen LogP contribution < -0.4 is 10.0 Å². The highest BCUT2D eigenvalue weighted by molar-refractivity contribution is 7.92. The molecular weight excluding hydrogens is 518 g/mol. The largest absolute Gasteiger partial charge is 0.462 e. The summed E-state index contributed by atoms with van der Waals surface area (Å²) in [4.78, 5) is 33.1. The summed E-state index contributed by atoms with van der Waals surface area (Å²) in [5, 5.41) is 14.8. The minimum Gasteiger partial charge on any atom is -0.462 e. The molecule has 0 unspecified atom stereocenters. The zero-order valence-corrected chi connectivity index (χ0v) is 21.2. The fourth-order valence-corrected chi connectivity index (χ4v) is 6.45. The van der Waals surface area contributed by atoms with Crippen LogP contribution in [0.2, 0.25) is 0 Å².